The van der Waals surface area contributed by atoms with E-state index in [0.717, 1.165) is 10.1 Å². The first-order valence-corrected chi connectivity index (χ1v) is 9.03. The Labute approximate surface area is 171 Å². The Kier molecular flexibility index (Phi) is 5.66. The van der Waals surface area contributed by atoms with Crippen LogP contribution in [-0.2, 0) is 6.54 Å². The summed E-state index contributed by atoms with van der Waals surface area (Å²) >= 11 is 6.05. The molecule has 0 saturated heterocycles. The summed E-state index contributed by atoms with van der Waals surface area (Å²) in [5.74, 6) is 0.266. The Morgan fingerprint density at radius 2 is 2.14 bits per heavy atom. The largest absolute Gasteiger partial charge is 0.449 e. The van der Waals surface area contributed by atoms with Crippen LogP contribution in [0.25, 0.3) is 22.4 Å². The molecule has 0 fully saturated rings. The van der Waals surface area contributed by atoms with Crippen LogP contribution >= 0.6 is 11.6 Å². The lowest BCUT2D eigenvalue weighted by atomic mass is 10.2. The molecule has 0 saturated carbocycles. The van der Waals surface area contributed by atoms with Gasteiger partial charge in [-0.2, -0.15) is 5.26 Å². The smallest absolute Gasteiger partial charge is 0.336 e. The van der Waals surface area contributed by atoms with Crippen LogP contribution in [0.4, 0.5) is 0 Å². The summed E-state index contributed by atoms with van der Waals surface area (Å²) < 4.78 is 8.10. The number of nitriles is 1. The second-order valence-electron chi connectivity index (χ2n) is 6.25. The van der Waals surface area contributed by atoms with E-state index in [0.29, 0.717) is 11.3 Å². The molecule has 0 bridgehead atoms. The minimum atomic E-state index is -0.630. The molecule has 0 radical (unpaired) electrons. The third-order valence-electron chi connectivity index (χ3n) is 4.23. The molecule has 0 atom stereocenters. The molecule has 3 heterocycles. The number of halogens is 1. The van der Waals surface area contributed by atoms with Gasteiger partial charge in [0.1, 0.15) is 5.76 Å². The Morgan fingerprint density at radius 3 is 2.76 bits per heavy atom. The van der Waals surface area contributed by atoms with Gasteiger partial charge in [-0.15, -0.1) is 0 Å². The van der Waals surface area contributed by atoms with Crippen molar-refractivity contribution in [1.82, 2.24) is 14.1 Å². The molecule has 3 aromatic rings. The minimum absolute atomic E-state index is 0.0353. The first kappa shape index (κ1) is 20.1. The van der Waals surface area contributed by atoms with E-state index in [9.17, 15) is 9.59 Å². The van der Waals surface area contributed by atoms with Crippen molar-refractivity contribution in [3.8, 4) is 11.8 Å². The molecule has 0 aliphatic rings. The normalized spacial score (nSPS) is 11.4. The SMILES string of the molecule is C=C/C=C(\C(=C)Cl)c1cc2c(o1)c(=O)n(-c1cncc(C)c1)c(=O)n2CCC#N. The van der Waals surface area contributed by atoms with Gasteiger partial charge in [-0.05, 0) is 18.6 Å². The van der Waals surface area contributed by atoms with E-state index in [1.807, 2.05) is 6.07 Å². The molecular weight excluding hydrogens is 392 g/mol. The summed E-state index contributed by atoms with van der Waals surface area (Å²) in [6, 6.07) is 5.22. The van der Waals surface area contributed by atoms with Gasteiger partial charge < -0.3 is 4.42 Å². The predicted octanol–water partition coefficient (Wildman–Crippen LogP) is 3.68. The fraction of sp³-hybridized carbons (Fsp3) is 0.143. The Morgan fingerprint density at radius 1 is 1.38 bits per heavy atom. The van der Waals surface area contributed by atoms with E-state index in [4.69, 9.17) is 21.3 Å². The molecule has 3 aromatic heterocycles. The van der Waals surface area contributed by atoms with Crippen LogP contribution in [0, 0.1) is 18.3 Å². The Hall–Kier alpha value is -3.63. The number of hydrogen-bond donors (Lipinski definition) is 0. The Bertz CT molecular complexity index is 1320. The van der Waals surface area contributed by atoms with Crippen LogP contribution in [-0.4, -0.2) is 14.1 Å². The molecule has 7 nitrogen and oxygen atoms in total. The highest BCUT2D eigenvalue weighted by molar-refractivity contribution is 6.36. The van der Waals surface area contributed by atoms with Gasteiger partial charge in [-0.1, -0.05) is 36.9 Å². The number of hydrogen-bond acceptors (Lipinski definition) is 5. The topological polar surface area (TPSA) is 93.8 Å². The molecule has 0 N–H and O–H groups in total. The first-order chi connectivity index (χ1) is 13.9. The maximum Gasteiger partial charge on any atom is 0.336 e. The number of rotatable bonds is 6. The van der Waals surface area contributed by atoms with Crippen molar-refractivity contribution in [2.75, 3.05) is 0 Å². The van der Waals surface area contributed by atoms with E-state index in [-0.39, 0.29) is 34.9 Å². The van der Waals surface area contributed by atoms with Crippen molar-refractivity contribution in [2.45, 2.75) is 19.9 Å². The van der Waals surface area contributed by atoms with Crippen LogP contribution in [0.2, 0.25) is 0 Å². The summed E-state index contributed by atoms with van der Waals surface area (Å²) in [5.41, 5.74) is 0.551. The van der Waals surface area contributed by atoms with E-state index in [1.165, 1.54) is 22.9 Å². The average Bonchev–Trinajstić information content (AvgIpc) is 3.11. The third-order valence-corrected chi connectivity index (χ3v) is 4.43. The van der Waals surface area contributed by atoms with Gasteiger partial charge in [0.2, 0.25) is 5.58 Å². The molecule has 0 amide bonds. The molecule has 3 rings (SSSR count). The zero-order chi connectivity index (χ0) is 21.1. The summed E-state index contributed by atoms with van der Waals surface area (Å²) in [6.07, 6.45) is 6.22. The van der Waals surface area contributed by atoms with E-state index < -0.39 is 11.2 Å². The van der Waals surface area contributed by atoms with E-state index in [1.54, 1.807) is 25.3 Å². The predicted molar refractivity (Wildman–Crippen MR) is 112 cm³/mol. The number of nitrogens with zero attached hydrogens (tertiary/aromatic N) is 4. The minimum Gasteiger partial charge on any atom is -0.449 e. The molecule has 146 valence electrons. The number of fused-ring (bicyclic) bond motifs is 1. The number of furan rings is 1. The number of aromatic nitrogens is 3. The lowest BCUT2D eigenvalue weighted by Gasteiger charge is -2.10. The zero-order valence-corrected chi connectivity index (χ0v) is 16.4. The fourth-order valence-corrected chi connectivity index (χ4v) is 3.13. The summed E-state index contributed by atoms with van der Waals surface area (Å²) in [5, 5.41) is 9.18. The standard InChI is InChI=1S/C21H17ClN4O3/c1-4-6-16(14(3)22)18-10-17-19(29-18)20(27)26(15-9-13(2)11-24-12-15)21(28)25(17)8-5-7-23/h4,6,9-12H,1,3,5,8H2,2H3/b16-6+. The molecule has 0 spiro atoms. The summed E-state index contributed by atoms with van der Waals surface area (Å²) in [6.45, 7) is 9.22. The molecule has 0 aliphatic heterocycles. The highest BCUT2D eigenvalue weighted by atomic mass is 35.5. The highest BCUT2D eigenvalue weighted by Crippen LogP contribution is 2.29. The Balaban J connectivity index is 2.41. The fourth-order valence-electron chi connectivity index (χ4n) is 2.97. The van der Waals surface area contributed by atoms with Gasteiger partial charge in [-0.25, -0.2) is 9.36 Å². The lowest BCUT2D eigenvalue weighted by Crippen LogP contribution is -2.38. The van der Waals surface area contributed by atoms with Gasteiger partial charge in [-0.3, -0.25) is 14.3 Å². The van der Waals surface area contributed by atoms with Crippen LogP contribution in [0.3, 0.4) is 0 Å². The van der Waals surface area contributed by atoms with Crippen molar-refractivity contribution in [3.05, 3.63) is 87.0 Å². The molecule has 0 aliphatic carbocycles. The molecule has 29 heavy (non-hydrogen) atoms. The quantitative estimate of drug-likeness (QED) is 0.580. The van der Waals surface area contributed by atoms with E-state index in [2.05, 4.69) is 18.1 Å². The molecule has 0 unspecified atom stereocenters. The monoisotopic (exact) mass is 408 g/mol. The molecule has 0 aromatic carbocycles. The first-order valence-electron chi connectivity index (χ1n) is 8.65. The third kappa shape index (κ3) is 3.71. The van der Waals surface area contributed by atoms with Crippen molar-refractivity contribution in [1.29, 1.82) is 5.26 Å². The summed E-state index contributed by atoms with van der Waals surface area (Å²) in [7, 11) is 0. The van der Waals surface area contributed by atoms with Crippen LogP contribution in [0.15, 0.2) is 68.9 Å². The second kappa shape index (κ2) is 8.17. The van der Waals surface area contributed by atoms with Crippen LogP contribution in [0.5, 0.6) is 0 Å². The molecular formula is C21H17ClN4O3. The highest BCUT2D eigenvalue weighted by Gasteiger charge is 2.21. The summed E-state index contributed by atoms with van der Waals surface area (Å²) in [4.78, 5) is 30.3. The second-order valence-corrected chi connectivity index (χ2v) is 6.71. The van der Waals surface area contributed by atoms with Gasteiger partial charge in [0, 0.05) is 29.4 Å². The van der Waals surface area contributed by atoms with Crippen LogP contribution < -0.4 is 11.2 Å². The van der Waals surface area contributed by atoms with Crippen molar-refractivity contribution in [3.63, 3.8) is 0 Å². The van der Waals surface area contributed by atoms with Gasteiger partial charge in [0.05, 0.1) is 29.9 Å². The van der Waals surface area contributed by atoms with Gasteiger partial charge in [0.15, 0.2) is 0 Å². The van der Waals surface area contributed by atoms with Crippen molar-refractivity contribution >= 4 is 28.3 Å². The number of aryl methyl sites for hydroxylation is 2. The average molecular weight is 409 g/mol. The maximum absolute atomic E-state index is 13.1. The molecule has 8 heteroatoms. The van der Waals surface area contributed by atoms with Crippen LogP contribution in [0.1, 0.15) is 17.7 Å². The maximum atomic E-state index is 13.1. The van der Waals surface area contributed by atoms with Crippen molar-refractivity contribution in [2.24, 2.45) is 0 Å². The lowest BCUT2D eigenvalue weighted by molar-refractivity contribution is 0.582. The van der Waals surface area contributed by atoms with Gasteiger partial charge in [0.25, 0.3) is 0 Å². The number of pyridine rings is 1. The number of allylic oxidation sites excluding steroid dienone is 4. The van der Waals surface area contributed by atoms with E-state index >= 15 is 0 Å². The van der Waals surface area contributed by atoms with Gasteiger partial charge >= 0.3 is 11.2 Å². The zero-order valence-electron chi connectivity index (χ0n) is 15.7. The van der Waals surface area contributed by atoms with Crippen molar-refractivity contribution < 1.29 is 4.42 Å².